The lowest BCUT2D eigenvalue weighted by molar-refractivity contribution is -0.129. The summed E-state index contributed by atoms with van der Waals surface area (Å²) in [5, 5.41) is 0. The van der Waals surface area contributed by atoms with Gasteiger partial charge in [0.15, 0.2) is 0 Å². The van der Waals surface area contributed by atoms with Gasteiger partial charge in [-0.3, -0.25) is 9.59 Å². The highest BCUT2D eigenvalue weighted by atomic mass is 32.2. The van der Waals surface area contributed by atoms with Gasteiger partial charge in [0.25, 0.3) is 6.47 Å². The molecule has 0 saturated heterocycles. The number of carbonyl (C=O) groups is 2. The third-order valence-electron chi connectivity index (χ3n) is 4.59. The summed E-state index contributed by atoms with van der Waals surface area (Å²) in [6.07, 6.45) is 0. The van der Waals surface area contributed by atoms with E-state index < -0.39 is 15.7 Å². The Labute approximate surface area is 180 Å². The van der Waals surface area contributed by atoms with Crippen molar-refractivity contribution in [3.63, 3.8) is 0 Å². The SMILES string of the molecule is Cc1ccc(S(=O)(=O)c2cc(-c3ccc(C(N)=O)cc3)ccc2OCCOC=O)cc1. The van der Waals surface area contributed by atoms with Gasteiger partial charge < -0.3 is 15.2 Å². The van der Waals surface area contributed by atoms with Crippen molar-refractivity contribution in [1.29, 1.82) is 0 Å². The Morgan fingerprint density at radius 3 is 2.19 bits per heavy atom. The fraction of sp³-hybridized carbons (Fsp3) is 0.130. The second-order valence-corrected chi connectivity index (χ2v) is 8.65. The molecule has 31 heavy (non-hydrogen) atoms. The summed E-state index contributed by atoms with van der Waals surface area (Å²) in [6, 6.07) is 17.8. The van der Waals surface area contributed by atoms with E-state index in [0.29, 0.717) is 23.2 Å². The van der Waals surface area contributed by atoms with Crippen LogP contribution in [0.4, 0.5) is 0 Å². The van der Waals surface area contributed by atoms with Crippen LogP contribution in [0, 0.1) is 6.92 Å². The molecule has 0 spiro atoms. The van der Waals surface area contributed by atoms with Crippen LogP contribution in [-0.4, -0.2) is 34.0 Å². The Balaban J connectivity index is 2.05. The number of ether oxygens (including phenoxy) is 2. The van der Waals surface area contributed by atoms with Gasteiger partial charge in [-0.25, -0.2) is 8.42 Å². The fourth-order valence-corrected chi connectivity index (χ4v) is 4.36. The Morgan fingerprint density at radius 1 is 0.935 bits per heavy atom. The van der Waals surface area contributed by atoms with E-state index in [1.807, 2.05) is 6.92 Å². The van der Waals surface area contributed by atoms with E-state index in [9.17, 15) is 18.0 Å². The van der Waals surface area contributed by atoms with Crippen LogP contribution in [0.1, 0.15) is 15.9 Å². The maximum absolute atomic E-state index is 13.4. The first-order valence-corrected chi connectivity index (χ1v) is 10.9. The van der Waals surface area contributed by atoms with Crippen molar-refractivity contribution in [1.82, 2.24) is 0 Å². The highest BCUT2D eigenvalue weighted by molar-refractivity contribution is 7.91. The number of aryl methyl sites for hydroxylation is 1. The van der Waals surface area contributed by atoms with Crippen molar-refractivity contribution < 1.29 is 27.5 Å². The van der Waals surface area contributed by atoms with E-state index in [1.54, 1.807) is 48.5 Å². The van der Waals surface area contributed by atoms with Crippen molar-refractivity contribution in [3.05, 3.63) is 77.9 Å². The minimum atomic E-state index is -3.89. The summed E-state index contributed by atoms with van der Waals surface area (Å²) in [5.41, 5.74) is 7.90. The largest absolute Gasteiger partial charge is 0.489 e. The minimum Gasteiger partial charge on any atom is -0.489 e. The molecule has 0 saturated carbocycles. The number of nitrogens with two attached hydrogens (primary N) is 1. The van der Waals surface area contributed by atoms with Crippen LogP contribution in [0.25, 0.3) is 11.1 Å². The predicted molar refractivity (Wildman–Crippen MR) is 115 cm³/mol. The van der Waals surface area contributed by atoms with Crippen molar-refractivity contribution in [2.24, 2.45) is 5.73 Å². The highest BCUT2D eigenvalue weighted by Gasteiger charge is 2.23. The summed E-state index contributed by atoms with van der Waals surface area (Å²) in [5.74, 6) is -0.400. The van der Waals surface area contributed by atoms with Gasteiger partial charge >= 0.3 is 0 Å². The Kier molecular flexibility index (Phi) is 6.71. The molecule has 0 aliphatic heterocycles. The average molecular weight is 439 g/mol. The van der Waals surface area contributed by atoms with Crippen molar-refractivity contribution in [3.8, 4) is 16.9 Å². The number of carbonyl (C=O) groups excluding carboxylic acids is 2. The average Bonchev–Trinajstić information content (AvgIpc) is 2.77. The van der Waals surface area contributed by atoms with Gasteiger partial charge in [-0.15, -0.1) is 0 Å². The quantitative estimate of drug-likeness (QED) is 0.405. The van der Waals surface area contributed by atoms with Crippen LogP contribution in [-0.2, 0) is 19.4 Å². The highest BCUT2D eigenvalue weighted by Crippen LogP contribution is 2.34. The van der Waals surface area contributed by atoms with E-state index in [2.05, 4.69) is 4.74 Å². The van der Waals surface area contributed by atoms with Crippen LogP contribution in [0.15, 0.2) is 76.5 Å². The van der Waals surface area contributed by atoms with Gasteiger partial charge in [-0.05, 0) is 54.4 Å². The first kappa shape index (κ1) is 22.0. The second-order valence-electron chi connectivity index (χ2n) is 6.74. The molecule has 3 rings (SSSR count). The molecule has 8 heteroatoms. The number of primary amides is 1. The molecule has 3 aromatic carbocycles. The standard InChI is InChI=1S/C23H21NO6S/c1-16-2-9-20(10-3-16)31(27,28)22-14-19(8-11-21(22)30-13-12-29-15-25)17-4-6-18(7-5-17)23(24)26/h2-11,14-15H,12-13H2,1H3,(H2,24,26). The summed E-state index contributed by atoms with van der Waals surface area (Å²) in [7, 11) is -3.89. The summed E-state index contributed by atoms with van der Waals surface area (Å²) < 4.78 is 36.9. The maximum atomic E-state index is 13.4. The molecule has 0 bridgehead atoms. The molecule has 0 unspecified atom stereocenters. The molecular formula is C23H21NO6S. The molecule has 0 atom stereocenters. The molecule has 0 aliphatic carbocycles. The van der Waals surface area contributed by atoms with Gasteiger partial charge in [-0.1, -0.05) is 35.9 Å². The molecule has 0 aromatic heterocycles. The number of sulfone groups is 1. The van der Waals surface area contributed by atoms with Crippen LogP contribution >= 0.6 is 0 Å². The van der Waals surface area contributed by atoms with E-state index in [1.165, 1.54) is 18.2 Å². The number of amides is 1. The molecule has 0 heterocycles. The molecule has 3 aromatic rings. The molecule has 0 aliphatic rings. The third kappa shape index (κ3) is 5.10. The first-order chi connectivity index (χ1) is 14.8. The summed E-state index contributed by atoms with van der Waals surface area (Å²) >= 11 is 0. The van der Waals surface area contributed by atoms with Gasteiger partial charge in [0.05, 0.1) is 4.90 Å². The zero-order chi connectivity index (χ0) is 22.4. The van der Waals surface area contributed by atoms with Crippen LogP contribution in [0.5, 0.6) is 5.75 Å². The van der Waals surface area contributed by atoms with Crippen molar-refractivity contribution in [2.75, 3.05) is 13.2 Å². The van der Waals surface area contributed by atoms with E-state index >= 15 is 0 Å². The second kappa shape index (κ2) is 9.44. The molecule has 160 valence electrons. The maximum Gasteiger partial charge on any atom is 0.293 e. The lowest BCUT2D eigenvalue weighted by atomic mass is 10.0. The zero-order valence-corrected chi connectivity index (χ0v) is 17.6. The molecule has 2 N–H and O–H groups in total. The zero-order valence-electron chi connectivity index (χ0n) is 16.8. The number of rotatable bonds is 9. The lowest BCUT2D eigenvalue weighted by Crippen LogP contribution is -2.10. The third-order valence-corrected chi connectivity index (χ3v) is 6.38. The number of hydrogen-bond donors (Lipinski definition) is 1. The predicted octanol–water partition coefficient (Wildman–Crippen LogP) is 3.15. The Hall–Kier alpha value is -3.65. The van der Waals surface area contributed by atoms with E-state index in [-0.39, 0.29) is 28.8 Å². The van der Waals surface area contributed by atoms with Gasteiger partial charge in [-0.2, -0.15) is 0 Å². The first-order valence-electron chi connectivity index (χ1n) is 9.37. The normalized spacial score (nSPS) is 11.0. The molecule has 0 fully saturated rings. The smallest absolute Gasteiger partial charge is 0.293 e. The monoisotopic (exact) mass is 439 g/mol. The van der Waals surface area contributed by atoms with Crippen LogP contribution < -0.4 is 10.5 Å². The topological polar surface area (TPSA) is 113 Å². The van der Waals surface area contributed by atoms with E-state index in [0.717, 1.165) is 5.56 Å². The van der Waals surface area contributed by atoms with Gasteiger partial charge in [0, 0.05) is 5.56 Å². The number of benzene rings is 3. The molecule has 0 radical (unpaired) electrons. The summed E-state index contributed by atoms with van der Waals surface area (Å²) in [4.78, 5) is 21.7. The lowest BCUT2D eigenvalue weighted by Gasteiger charge is -2.14. The van der Waals surface area contributed by atoms with Gasteiger partial charge in [0.1, 0.15) is 23.9 Å². The Morgan fingerprint density at radius 2 is 1.58 bits per heavy atom. The van der Waals surface area contributed by atoms with E-state index in [4.69, 9.17) is 10.5 Å². The van der Waals surface area contributed by atoms with Crippen molar-refractivity contribution >= 4 is 22.2 Å². The Bertz CT molecular complexity index is 1190. The molecular weight excluding hydrogens is 418 g/mol. The minimum absolute atomic E-state index is 0.00180. The summed E-state index contributed by atoms with van der Waals surface area (Å²) in [6.45, 7) is 2.16. The van der Waals surface area contributed by atoms with Crippen LogP contribution in [0.3, 0.4) is 0 Å². The molecule has 1 amide bonds. The molecule has 7 nitrogen and oxygen atoms in total. The van der Waals surface area contributed by atoms with Gasteiger partial charge in [0.2, 0.25) is 15.7 Å². The van der Waals surface area contributed by atoms with Crippen LogP contribution in [0.2, 0.25) is 0 Å². The fourth-order valence-electron chi connectivity index (χ4n) is 2.94. The van der Waals surface area contributed by atoms with Crippen molar-refractivity contribution in [2.45, 2.75) is 16.7 Å². The number of hydrogen-bond acceptors (Lipinski definition) is 6.